The molecule has 1 aliphatic heterocycles. The van der Waals surface area contributed by atoms with Crippen LogP contribution in [-0.4, -0.2) is 22.8 Å². The van der Waals surface area contributed by atoms with E-state index in [2.05, 4.69) is 5.32 Å². The Balaban J connectivity index is 1.60. The van der Waals surface area contributed by atoms with Crippen LogP contribution >= 0.6 is 11.3 Å². The number of fused-ring (bicyclic) bond motifs is 1. The van der Waals surface area contributed by atoms with E-state index in [1.54, 1.807) is 28.4 Å². The summed E-state index contributed by atoms with van der Waals surface area (Å²) < 4.78 is 5.28. The summed E-state index contributed by atoms with van der Waals surface area (Å²) >= 11 is 1.60. The summed E-state index contributed by atoms with van der Waals surface area (Å²) in [6, 6.07) is 14.5. The minimum atomic E-state index is -0.570. The number of benzene rings is 1. The van der Waals surface area contributed by atoms with Gasteiger partial charge in [-0.15, -0.1) is 11.3 Å². The third-order valence-corrected chi connectivity index (χ3v) is 5.93. The molecular weight excluding hydrogens is 360 g/mol. The predicted molar refractivity (Wildman–Crippen MR) is 103 cm³/mol. The number of nitrogens with one attached hydrogen (secondary N) is 1. The smallest absolute Gasteiger partial charge is 0.290 e. The molecule has 0 spiro atoms. The highest BCUT2D eigenvalue weighted by molar-refractivity contribution is 7.10. The first-order valence-corrected chi connectivity index (χ1v) is 9.76. The lowest BCUT2D eigenvalue weighted by molar-refractivity contribution is -0.126. The molecule has 138 valence electrons. The lowest BCUT2D eigenvalue weighted by Gasteiger charge is -2.36. The maximum atomic E-state index is 13.1. The van der Waals surface area contributed by atoms with Crippen LogP contribution in [0.1, 0.15) is 39.5 Å². The van der Waals surface area contributed by atoms with Gasteiger partial charge >= 0.3 is 0 Å². The van der Waals surface area contributed by atoms with Crippen LogP contribution in [0, 0.1) is 0 Å². The van der Waals surface area contributed by atoms with E-state index in [0.29, 0.717) is 13.0 Å². The number of nitrogens with zero attached hydrogens (tertiary/aromatic N) is 1. The zero-order valence-electron chi connectivity index (χ0n) is 14.9. The van der Waals surface area contributed by atoms with E-state index in [-0.39, 0.29) is 23.6 Å². The fourth-order valence-electron chi connectivity index (χ4n) is 3.43. The van der Waals surface area contributed by atoms with E-state index < -0.39 is 6.04 Å². The van der Waals surface area contributed by atoms with Gasteiger partial charge in [-0.2, -0.15) is 0 Å². The Morgan fingerprint density at radius 3 is 2.67 bits per heavy atom. The van der Waals surface area contributed by atoms with Crippen LogP contribution in [0.2, 0.25) is 0 Å². The maximum absolute atomic E-state index is 13.1. The van der Waals surface area contributed by atoms with E-state index in [1.165, 1.54) is 6.26 Å². The van der Waals surface area contributed by atoms with Gasteiger partial charge in [0.05, 0.1) is 12.3 Å². The molecule has 3 heterocycles. The molecule has 4 rings (SSSR count). The van der Waals surface area contributed by atoms with Gasteiger partial charge in [0.2, 0.25) is 5.91 Å². The molecule has 0 fully saturated rings. The van der Waals surface area contributed by atoms with Crippen molar-refractivity contribution in [3.63, 3.8) is 0 Å². The van der Waals surface area contributed by atoms with Crippen molar-refractivity contribution in [2.75, 3.05) is 0 Å². The monoisotopic (exact) mass is 380 g/mol. The molecule has 1 aliphatic rings. The fourth-order valence-corrected chi connectivity index (χ4v) is 4.17. The number of amides is 2. The van der Waals surface area contributed by atoms with Crippen LogP contribution in [0.15, 0.2) is 64.6 Å². The molecule has 0 saturated heterocycles. The molecule has 3 aromatic rings. The second kappa shape index (κ2) is 7.40. The highest BCUT2D eigenvalue weighted by Gasteiger charge is 2.36. The predicted octanol–water partition coefficient (Wildman–Crippen LogP) is 3.79. The van der Waals surface area contributed by atoms with E-state index in [1.807, 2.05) is 48.7 Å². The van der Waals surface area contributed by atoms with Gasteiger partial charge in [0, 0.05) is 17.8 Å². The lowest BCUT2D eigenvalue weighted by atomic mass is 9.93. The molecule has 1 N–H and O–H groups in total. The Morgan fingerprint density at radius 1 is 1.15 bits per heavy atom. The van der Waals surface area contributed by atoms with Crippen molar-refractivity contribution in [2.45, 2.75) is 32.0 Å². The third kappa shape index (κ3) is 3.53. The summed E-state index contributed by atoms with van der Waals surface area (Å²) in [6.45, 7) is 2.35. The molecule has 0 bridgehead atoms. The number of carbonyl (C=O) groups is 2. The van der Waals surface area contributed by atoms with E-state index in [4.69, 9.17) is 4.42 Å². The first-order chi connectivity index (χ1) is 13.1. The first kappa shape index (κ1) is 17.5. The second-order valence-corrected chi connectivity index (χ2v) is 7.62. The largest absolute Gasteiger partial charge is 0.459 e. The topological polar surface area (TPSA) is 62.6 Å². The van der Waals surface area contributed by atoms with Crippen LogP contribution in [0.5, 0.6) is 0 Å². The second-order valence-electron chi connectivity index (χ2n) is 6.64. The van der Waals surface area contributed by atoms with Gasteiger partial charge in [-0.1, -0.05) is 30.3 Å². The molecule has 6 heteroatoms. The van der Waals surface area contributed by atoms with Gasteiger partial charge in [-0.05, 0) is 41.6 Å². The molecule has 2 aromatic heterocycles. The fraction of sp³-hybridized carbons (Fsp3) is 0.238. The molecule has 0 radical (unpaired) electrons. The average Bonchev–Trinajstić information content (AvgIpc) is 3.40. The summed E-state index contributed by atoms with van der Waals surface area (Å²) in [5.74, 6) is -0.165. The summed E-state index contributed by atoms with van der Waals surface area (Å²) in [5, 5.41) is 5.05. The Labute approximate surface area is 161 Å². The van der Waals surface area contributed by atoms with Gasteiger partial charge < -0.3 is 14.6 Å². The molecule has 0 unspecified atom stereocenters. The highest BCUT2D eigenvalue weighted by atomic mass is 32.1. The normalized spacial score (nSPS) is 17.2. The van der Waals surface area contributed by atoms with E-state index >= 15 is 0 Å². The summed E-state index contributed by atoms with van der Waals surface area (Å²) in [6.07, 6.45) is 1.96. The lowest BCUT2D eigenvalue weighted by Crippen LogP contribution is -2.52. The zero-order chi connectivity index (χ0) is 18.8. The van der Waals surface area contributed by atoms with Gasteiger partial charge in [0.1, 0.15) is 6.04 Å². The number of thiophene rings is 1. The van der Waals surface area contributed by atoms with Crippen molar-refractivity contribution in [2.24, 2.45) is 0 Å². The minimum Gasteiger partial charge on any atom is -0.459 e. The van der Waals surface area contributed by atoms with Crippen LogP contribution in [-0.2, 0) is 17.8 Å². The summed E-state index contributed by atoms with van der Waals surface area (Å²) in [5.41, 5.74) is 2.16. The number of carbonyl (C=O) groups excluding carboxylic acids is 2. The van der Waals surface area contributed by atoms with E-state index in [9.17, 15) is 9.59 Å². The van der Waals surface area contributed by atoms with Crippen molar-refractivity contribution < 1.29 is 14.0 Å². The Hall–Kier alpha value is -2.86. The van der Waals surface area contributed by atoms with Gasteiger partial charge in [-0.3, -0.25) is 9.59 Å². The zero-order valence-corrected chi connectivity index (χ0v) is 15.7. The Bertz CT molecular complexity index is 934. The minimum absolute atomic E-state index is 0.102. The van der Waals surface area contributed by atoms with Gasteiger partial charge in [-0.25, -0.2) is 0 Å². The van der Waals surface area contributed by atoms with Crippen molar-refractivity contribution >= 4 is 23.2 Å². The SMILES string of the molecule is C[C@H](NC(=O)[C@@H]1Cc2ccccc2CN1C(=O)c1ccco1)c1cccs1. The van der Waals surface area contributed by atoms with Crippen molar-refractivity contribution in [3.8, 4) is 0 Å². The van der Waals surface area contributed by atoms with Crippen LogP contribution in [0.4, 0.5) is 0 Å². The van der Waals surface area contributed by atoms with Crippen molar-refractivity contribution in [1.82, 2.24) is 10.2 Å². The average molecular weight is 380 g/mol. The Morgan fingerprint density at radius 2 is 1.96 bits per heavy atom. The Kier molecular flexibility index (Phi) is 4.81. The standard InChI is InChI=1S/C21H20N2O3S/c1-14(19-9-5-11-27-19)22-20(24)17-12-15-6-2-3-7-16(15)13-23(17)21(25)18-8-4-10-26-18/h2-11,14,17H,12-13H2,1H3,(H,22,24)/t14-,17-/m0/s1. The van der Waals surface area contributed by atoms with E-state index in [0.717, 1.165) is 16.0 Å². The molecule has 2 atom stereocenters. The molecule has 0 aliphatic carbocycles. The molecular formula is C21H20N2O3S. The maximum Gasteiger partial charge on any atom is 0.290 e. The number of hydrogen-bond donors (Lipinski definition) is 1. The van der Waals surface area contributed by atoms with Crippen LogP contribution in [0.3, 0.4) is 0 Å². The first-order valence-electron chi connectivity index (χ1n) is 8.88. The number of furan rings is 1. The third-order valence-electron chi connectivity index (χ3n) is 4.87. The van der Waals surface area contributed by atoms with Crippen molar-refractivity contribution in [3.05, 3.63) is 81.9 Å². The molecule has 27 heavy (non-hydrogen) atoms. The highest BCUT2D eigenvalue weighted by Crippen LogP contribution is 2.26. The quantitative estimate of drug-likeness (QED) is 0.749. The molecule has 0 saturated carbocycles. The van der Waals surface area contributed by atoms with Gasteiger partial charge in [0.25, 0.3) is 5.91 Å². The molecule has 2 amide bonds. The number of rotatable bonds is 4. The van der Waals surface area contributed by atoms with Crippen molar-refractivity contribution in [1.29, 1.82) is 0 Å². The molecule has 1 aromatic carbocycles. The van der Waals surface area contributed by atoms with Crippen LogP contribution in [0.25, 0.3) is 0 Å². The summed E-state index contributed by atoms with van der Waals surface area (Å²) in [4.78, 5) is 28.7. The number of hydrogen-bond acceptors (Lipinski definition) is 4. The summed E-state index contributed by atoms with van der Waals surface area (Å²) in [7, 11) is 0. The molecule has 5 nitrogen and oxygen atoms in total. The van der Waals surface area contributed by atoms with Crippen LogP contribution < -0.4 is 5.32 Å². The van der Waals surface area contributed by atoms with Gasteiger partial charge in [0.15, 0.2) is 5.76 Å².